The van der Waals surface area contributed by atoms with Crippen LogP contribution in [0.5, 0.6) is 5.75 Å². The molecule has 0 aliphatic rings. The molecule has 0 saturated heterocycles. The van der Waals surface area contributed by atoms with E-state index in [4.69, 9.17) is 4.74 Å². The maximum absolute atomic E-state index is 11.4. The second-order valence-corrected chi connectivity index (χ2v) is 4.13. The van der Waals surface area contributed by atoms with E-state index in [2.05, 4.69) is 31.8 Å². The van der Waals surface area contributed by atoms with E-state index in [1.54, 1.807) is 42.6 Å². The number of amides is 1. The van der Waals surface area contributed by atoms with Gasteiger partial charge in [-0.05, 0) is 40.2 Å². The zero-order chi connectivity index (χ0) is 12.8. The fraction of sp³-hybridized carbons (Fsp3) is 0. The van der Waals surface area contributed by atoms with Crippen LogP contribution in [-0.2, 0) is 0 Å². The van der Waals surface area contributed by atoms with Gasteiger partial charge in [-0.25, -0.2) is 15.2 Å². The Bertz CT molecular complexity index is 517. The summed E-state index contributed by atoms with van der Waals surface area (Å²) in [6, 6.07) is 12.3. The number of ether oxygens (including phenoxy) is 1. The standard InChI is InChI=1S/C12H10BrN3O2/c13-11-7-6-9(8-14-11)15-16-12(17)18-10-4-2-1-3-5-10/h1-8,15H,(H,16,17). The fourth-order valence-electron chi connectivity index (χ4n) is 1.19. The molecule has 1 aromatic carbocycles. The number of hydrazine groups is 1. The Kier molecular flexibility index (Phi) is 4.14. The molecular formula is C12H10BrN3O2. The Hall–Kier alpha value is -2.08. The lowest BCUT2D eigenvalue weighted by molar-refractivity contribution is 0.203. The van der Waals surface area contributed by atoms with Crippen molar-refractivity contribution in [2.75, 3.05) is 5.43 Å². The Labute approximate surface area is 112 Å². The molecule has 0 atom stereocenters. The van der Waals surface area contributed by atoms with Gasteiger partial charge in [0.2, 0.25) is 0 Å². The maximum Gasteiger partial charge on any atom is 0.431 e. The Morgan fingerprint density at radius 3 is 2.61 bits per heavy atom. The number of hydrogen-bond donors (Lipinski definition) is 2. The number of nitrogens with zero attached hydrogens (tertiary/aromatic N) is 1. The SMILES string of the molecule is O=C(NNc1ccc(Br)nc1)Oc1ccccc1. The maximum atomic E-state index is 11.4. The van der Waals surface area contributed by atoms with Crippen LogP contribution < -0.4 is 15.6 Å². The van der Waals surface area contributed by atoms with Gasteiger partial charge >= 0.3 is 6.09 Å². The molecule has 0 bridgehead atoms. The molecule has 0 unspecified atom stereocenters. The third kappa shape index (κ3) is 3.74. The van der Waals surface area contributed by atoms with Crippen LogP contribution in [-0.4, -0.2) is 11.1 Å². The minimum Gasteiger partial charge on any atom is -0.409 e. The van der Waals surface area contributed by atoms with Crippen LogP contribution in [0, 0.1) is 0 Å². The summed E-state index contributed by atoms with van der Waals surface area (Å²) in [5.41, 5.74) is 5.74. The Balaban J connectivity index is 1.83. The molecular weight excluding hydrogens is 298 g/mol. The monoisotopic (exact) mass is 307 g/mol. The molecule has 2 rings (SSSR count). The molecule has 0 aliphatic carbocycles. The minimum absolute atomic E-state index is 0.478. The third-order valence-electron chi connectivity index (χ3n) is 1.99. The Morgan fingerprint density at radius 1 is 1.17 bits per heavy atom. The second-order valence-electron chi connectivity index (χ2n) is 3.32. The van der Waals surface area contributed by atoms with Gasteiger partial charge in [0.05, 0.1) is 11.9 Å². The summed E-state index contributed by atoms with van der Waals surface area (Å²) < 4.78 is 5.74. The molecule has 0 fully saturated rings. The zero-order valence-electron chi connectivity index (χ0n) is 9.26. The number of halogens is 1. The van der Waals surface area contributed by atoms with Crippen LogP contribution >= 0.6 is 15.9 Å². The lowest BCUT2D eigenvalue weighted by Gasteiger charge is -2.08. The summed E-state index contributed by atoms with van der Waals surface area (Å²) in [4.78, 5) is 15.4. The number of benzene rings is 1. The van der Waals surface area contributed by atoms with Crippen LogP contribution in [0.25, 0.3) is 0 Å². The number of nitrogens with one attached hydrogen (secondary N) is 2. The van der Waals surface area contributed by atoms with Gasteiger partial charge in [-0.3, -0.25) is 5.43 Å². The molecule has 0 radical (unpaired) electrons. The number of anilines is 1. The highest BCUT2D eigenvalue weighted by atomic mass is 79.9. The lowest BCUT2D eigenvalue weighted by Crippen LogP contribution is -2.32. The average Bonchev–Trinajstić information content (AvgIpc) is 2.39. The molecule has 2 aromatic rings. The number of carbonyl (C=O) groups is 1. The first-order chi connectivity index (χ1) is 8.74. The summed E-state index contributed by atoms with van der Waals surface area (Å²) in [5.74, 6) is 0.478. The molecule has 0 spiro atoms. The highest BCUT2D eigenvalue weighted by molar-refractivity contribution is 9.10. The molecule has 6 heteroatoms. The molecule has 1 heterocycles. The molecule has 1 aromatic heterocycles. The van der Waals surface area contributed by atoms with Crippen molar-refractivity contribution in [3.63, 3.8) is 0 Å². The summed E-state index contributed by atoms with van der Waals surface area (Å²) in [5, 5.41) is 0. The number of para-hydroxylation sites is 1. The minimum atomic E-state index is -0.593. The fourth-order valence-corrected chi connectivity index (χ4v) is 1.43. The first-order valence-corrected chi connectivity index (χ1v) is 5.94. The van der Waals surface area contributed by atoms with Crippen molar-refractivity contribution in [2.45, 2.75) is 0 Å². The van der Waals surface area contributed by atoms with Gasteiger partial charge in [0.15, 0.2) is 0 Å². The van der Waals surface area contributed by atoms with Crippen LogP contribution in [0.2, 0.25) is 0 Å². The number of rotatable bonds is 3. The van der Waals surface area contributed by atoms with Crippen molar-refractivity contribution < 1.29 is 9.53 Å². The number of hydrogen-bond acceptors (Lipinski definition) is 4. The molecule has 0 saturated carbocycles. The molecule has 2 N–H and O–H groups in total. The highest BCUT2D eigenvalue weighted by Gasteiger charge is 2.02. The first kappa shape index (κ1) is 12.4. The number of aromatic nitrogens is 1. The van der Waals surface area contributed by atoms with E-state index in [0.29, 0.717) is 11.4 Å². The molecule has 5 nitrogen and oxygen atoms in total. The van der Waals surface area contributed by atoms with E-state index in [9.17, 15) is 4.79 Å². The van der Waals surface area contributed by atoms with Crippen LogP contribution in [0.3, 0.4) is 0 Å². The van der Waals surface area contributed by atoms with Gasteiger partial charge in [0.1, 0.15) is 10.4 Å². The largest absolute Gasteiger partial charge is 0.431 e. The van der Waals surface area contributed by atoms with Gasteiger partial charge in [0, 0.05) is 0 Å². The third-order valence-corrected chi connectivity index (χ3v) is 2.46. The molecule has 1 amide bonds. The summed E-state index contributed by atoms with van der Waals surface area (Å²) >= 11 is 3.22. The van der Waals surface area contributed by atoms with Crippen molar-refractivity contribution in [3.05, 3.63) is 53.3 Å². The van der Waals surface area contributed by atoms with Crippen molar-refractivity contribution in [2.24, 2.45) is 0 Å². The van der Waals surface area contributed by atoms with E-state index in [1.807, 2.05) is 6.07 Å². The first-order valence-electron chi connectivity index (χ1n) is 5.14. The van der Waals surface area contributed by atoms with Gasteiger partial charge < -0.3 is 4.74 Å². The molecule has 92 valence electrons. The van der Waals surface area contributed by atoms with Crippen molar-refractivity contribution in [3.8, 4) is 5.75 Å². The van der Waals surface area contributed by atoms with E-state index in [1.165, 1.54) is 0 Å². The van der Waals surface area contributed by atoms with Crippen LogP contribution in [0.4, 0.5) is 10.5 Å². The lowest BCUT2D eigenvalue weighted by atomic mass is 10.3. The summed E-state index contributed by atoms with van der Waals surface area (Å²) in [6.45, 7) is 0. The Morgan fingerprint density at radius 2 is 1.94 bits per heavy atom. The molecule has 0 aliphatic heterocycles. The number of carbonyl (C=O) groups excluding carboxylic acids is 1. The van der Waals surface area contributed by atoms with Gasteiger partial charge in [-0.15, -0.1) is 0 Å². The van der Waals surface area contributed by atoms with Crippen molar-refractivity contribution >= 4 is 27.7 Å². The van der Waals surface area contributed by atoms with E-state index in [0.717, 1.165) is 4.60 Å². The van der Waals surface area contributed by atoms with E-state index >= 15 is 0 Å². The van der Waals surface area contributed by atoms with Crippen molar-refractivity contribution in [1.29, 1.82) is 0 Å². The van der Waals surface area contributed by atoms with Crippen molar-refractivity contribution in [1.82, 2.24) is 10.4 Å². The van der Waals surface area contributed by atoms with E-state index in [-0.39, 0.29) is 0 Å². The molecule has 18 heavy (non-hydrogen) atoms. The van der Waals surface area contributed by atoms with Gasteiger partial charge in [0.25, 0.3) is 0 Å². The summed E-state index contributed by atoms with van der Waals surface area (Å²) in [6.07, 6.45) is 0.983. The quantitative estimate of drug-likeness (QED) is 0.676. The van der Waals surface area contributed by atoms with Crippen LogP contribution in [0.1, 0.15) is 0 Å². The predicted octanol–water partition coefficient (Wildman–Crippen LogP) is 2.96. The number of pyridine rings is 1. The van der Waals surface area contributed by atoms with Gasteiger partial charge in [-0.1, -0.05) is 18.2 Å². The van der Waals surface area contributed by atoms with Gasteiger partial charge in [-0.2, -0.15) is 0 Å². The van der Waals surface area contributed by atoms with Crippen LogP contribution in [0.15, 0.2) is 53.3 Å². The second kappa shape index (κ2) is 6.02. The zero-order valence-corrected chi connectivity index (χ0v) is 10.8. The summed E-state index contributed by atoms with van der Waals surface area (Å²) in [7, 11) is 0. The topological polar surface area (TPSA) is 63.2 Å². The smallest absolute Gasteiger partial charge is 0.409 e. The normalized spacial score (nSPS) is 9.61. The van der Waals surface area contributed by atoms with E-state index < -0.39 is 6.09 Å². The average molecular weight is 308 g/mol. The highest BCUT2D eigenvalue weighted by Crippen LogP contribution is 2.10. The predicted molar refractivity (Wildman–Crippen MR) is 71.2 cm³/mol.